The van der Waals surface area contributed by atoms with Crippen LogP contribution in [-0.2, 0) is 0 Å². The third-order valence-corrected chi connectivity index (χ3v) is 8.56. The lowest BCUT2D eigenvalue weighted by Crippen LogP contribution is -2.28. The van der Waals surface area contributed by atoms with Gasteiger partial charge in [0.25, 0.3) is 0 Å². The molecule has 1 aliphatic rings. The van der Waals surface area contributed by atoms with E-state index in [-0.39, 0.29) is 0 Å². The van der Waals surface area contributed by atoms with Gasteiger partial charge in [0.2, 0.25) is 0 Å². The maximum absolute atomic E-state index is 2.51. The van der Waals surface area contributed by atoms with E-state index in [1.807, 2.05) is 0 Å². The zero-order valence-corrected chi connectivity index (χ0v) is 21.5. The Bertz CT molecular complexity index is 403. The molecule has 0 bridgehead atoms. The van der Waals surface area contributed by atoms with Crippen molar-refractivity contribution < 1.29 is 0 Å². The van der Waals surface area contributed by atoms with Gasteiger partial charge in [0.15, 0.2) is 0 Å². The smallest absolute Gasteiger partial charge is 0.0380 e. The molecule has 1 aliphatic carbocycles. The third-order valence-electron chi connectivity index (χ3n) is 8.56. The maximum Gasteiger partial charge on any atom is -0.0380 e. The zero-order chi connectivity index (χ0) is 21.5. The Labute approximate surface area is 180 Å². The first kappa shape index (κ1) is 26.0. The molecule has 168 valence electrons. The fourth-order valence-electron chi connectivity index (χ4n) is 6.08. The molecule has 0 heterocycles. The highest BCUT2D eigenvalue weighted by molar-refractivity contribution is 4.83. The lowest BCUT2D eigenvalue weighted by Gasteiger charge is -2.39. The van der Waals surface area contributed by atoms with Gasteiger partial charge in [-0.1, -0.05) is 94.9 Å². The van der Waals surface area contributed by atoms with E-state index in [2.05, 4.69) is 69.2 Å². The Hall–Kier alpha value is 0. The number of hydrogen-bond donors (Lipinski definition) is 0. The quantitative estimate of drug-likeness (QED) is 0.292. The molecule has 0 saturated heterocycles. The van der Waals surface area contributed by atoms with Crippen LogP contribution in [0.15, 0.2) is 0 Å². The highest BCUT2D eigenvalue weighted by Crippen LogP contribution is 2.43. The van der Waals surface area contributed by atoms with Crippen molar-refractivity contribution in [1.82, 2.24) is 0 Å². The van der Waals surface area contributed by atoms with E-state index in [0.29, 0.717) is 5.41 Å². The van der Waals surface area contributed by atoms with E-state index in [0.717, 1.165) is 47.3 Å². The van der Waals surface area contributed by atoms with Crippen LogP contribution >= 0.6 is 0 Å². The van der Waals surface area contributed by atoms with Crippen LogP contribution in [-0.4, -0.2) is 0 Å². The second-order valence-corrected chi connectivity index (χ2v) is 12.6. The number of hydrogen-bond acceptors (Lipinski definition) is 0. The summed E-state index contributed by atoms with van der Waals surface area (Å²) >= 11 is 0. The molecule has 28 heavy (non-hydrogen) atoms. The molecule has 0 aromatic carbocycles. The van der Waals surface area contributed by atoms with Crippen LogP contribution in [0.3, 0.4) is 0 Å². The van der Waals surface area contributed by atoms with Gasteiger partial charge in [-0.25, -0.2) is 0 Å². The molecule has 0 radical (unpaired) electrons. The molecule has 0 aromatic rings. The molecule has 0 aliphatic heterocycles. The summed E-state index contributed by atoms with van der Waals surface area (Å²) in [5.41, 5.74) is 0.494. The summed E-state index contributed by atoms with van der Waals surface area (Å²) in [5.74, 6) is 7.36. The van der Waals surface area contributed by atoms with Crippen LogP contribution < -0.4 is 0 Å². The molecule has 0 aromatic heterocycles. The molecule has 1 fully saturated rings. The average molecular weight is 393 g/mol. The topological polar surface area (TPSA) is 0 Å². The fourth-order valence-corrected chi connectivity index (χ4v) is 6.08. The van der Waals surface area contributed by atoms with Crippen molar-refractivity contribution in [1.29, 1.82) is 0 Å². The summed E-state index contributed by atoms with van der Waals surface area (Å²) in [5, 5.41) is 0. The minimum absolute atomic E-state index is 0.494. The summed E-state index contributed by atoms with van der Waals surface area (Å²) in [6, 6.07) is 0. The van der Waals surface area contributed by atoms with E-state index in [1.54, 1.807) is 0 Å². The molecule has 0 nitrogen and oxygen atoms in total. The largest absolute Gasteiger partial charge is 0.0651 e. The van der Waals surface area contributed by atoms with Gasteiger partial charge in [0.05, 0.1) is 0 Å². The predicted octanol–water partition coefficient (Wildman–Crippen LogP) is 9.63. The van der Waals surface area contributed by atoms with Gasteiger partial charge < -0.3 is 0 Å². The minimum Gasteiger partial charge on any atom is -0.0651 e. The standard InChI is InChI=1S/C28H56/c1-11-22(4)24(6)25(7)23(5)17-20(2)13-12-14-26-15-16-27(26)18-21(3)19-28(8,9)10/h20-27H,11-19H2,1-10H3. The van der Waals surface area contributed by atoms with Crippen LogP contribution in [0.4, 0.5) is 0 Å². The van der Waals surface area contributed by atoms with Gasteiger partial charge in [0.1, 0.15) is 0 Å². The molecular weight excluding hydrogens is 336 g/mol. The summed E-state index contributed by atoms with van der Waals surface area (Å²) in [6.07, 6.45) is 13.1. The molecule has 0 heteroatoms. The summed E-state index contributed by atoms with van der Waals surface area (Å²) in [4.78, 5) is 0. The molecule has 0 N–H and O–H groups in total. The third kappa shape index (κ3) is 9.21. The average Bonchev–Trinajstić information content (AvgIpc) is 2.58. The van der Waals surface area contributed by atoms with Crippen molar-refractivity contribution >= 4 is 0 Å². The first-order chi connectivity index (χ1) is 12.9. The van der Waals surface area contributed by atoms with E-state index in [9.17, 15) is 0 Å². The van der Waals surface area contributed by atoms with Gasteiger partial charge in [-0.3, -0.25) is 0 Å². The lowest BCUT2D eigenvalue weighted by molar-refractivity contribution is 0.116. The van der Waals surface area contributed by atoms with Crippen molar-refractivity contribution in [2.75, 3.05) is 0 Å². The predicted molar refractivity (Wildman–Crippen MR) is 129 cm³/mol. The molecule has 0 spiro atoms. The lowest BCUT2D eigenvalue weighted by atomic mass is 9.66. The van der Waals surface area contributed by atoms with Gasteiger partial charge in [-0.15, -0.1) is 0 Å². The summed E-state index contributed by atoms with van der Waals surface area (Å²) in [6.45, 7) is 24.5. The van der Waals surface area contributed by atoms with Crippen molar-refractivity contribution in [3.8, 4) is 0 Å². The number of rotatable bonds is 13. The Morgan fingerprint density at radius 1 is 0.786 bits per heavy atom. The minimum atomic E-state index is 0.494. The van der Waals surface area contributed by atoms with Gasteiger partial charge in [-0.05, 0) is 84.9 Å². The van der Waals surface area contributed by atoms with Gasteiger partial charge in [-0.2, -0.15) is 0 Å². The van der Waals surface area contributed by atoms with E-state index < -0.39 is 0 Å². The van der Waals surface area contributed by atoms with E-state index in [4.69, 9.17) is 0 Å². The first-order valence-corrected chi connectivity index (χ1v) is 12.9. The summed E-state index contributed by atoms with van der Waals surface area (Å²) < 4.78 is 0. The second kappa shape index (κ2) is 12.0. The van der Waals surface area contributed by atoms with E-state index in [1.165, 1.54) is 57.8 Å². The molecule has 8 atom stereocenters. The molecular formula is C28H56. The van der Waals surface area contributed by atoms with Crippen molar-refractivity contribution in [3.05, 3.63) is 0 Å². The zero-order valence-electron chi connectivity index (χ0n) is 21.5. The fraction of sp³-hybridized carbons (Fsp3) is 1.00. The normalized spacial score (nSPS) is 26.8. The maximum atomic E-state index is 2.51. The Balaban J connectivity index is 2.26. The van der Waals surface area contributed by atoms with Crippen LogP contribution in [0.5, 0.6) is 0 Å². The van der Waals surface area contributed by atoms with Crippen molar-refractivity contribution in [3.63, 3.8) is 0 Å². The summed E-state index contributed by atoms with van der Waals surface area (Å²) in [7, 11) is 0. The van der Waals surface area contributed by atoms with Crippen LogP contribution in [0.1, 0.15) is 127 Å². The molecule has 8 unspecified atom stereocenters. The molecule has 0 amide bonds. The molecule has 1 saturated carbocycles. The van der Waals surface area contributed by atoms with Gasteiger partial charge in [0, 0.05) is 0 Å². The highest BCUT2D eigenvalue weighted by Gasteiger charge is 2.32. The SMILES string of the molecule is CCC(C)C(C)C(C)C(C)CC(C)CCCC1CCC1CC(C)CC(C)(C)C. The van der Waals surface area contributed by atoms with Crippen LogP contribution in [0, 0.1) is 52.8 Å². The second-order valence-electron chi connectivity index (χ2n) is 12.6. The van der Waals surface area contributed by atoms with Crippen LogP contribution in [0.25, 0.3) is 0 Å². The highest BCUT2D eigenvalue weighted by atomic mass is 14.4. The first-order valence-electron chi connectivity index (χ1n) is 12.9. The van der Waals surface area contributed by atoms with E-state index >= 15 is 0 Å². The van der Waals surface area contributed by atoms with Crippen molar-refractivity contribution in [2.45, 2.75) is 127 Å². The van der Waals surface area contributed by atoms with Crippen LogP contribution in [0.2, 0.25) is 0 Å². The van der Waals surface area contributed by atoms with Crippen molar-refractivity contribution in [2.24, 2.45) is 52.8 Å². The Kier molecular flexibility index (Phi) is 11.2. The Morgan fingerprint density at radius 2 is 1.36 bits per heavy atom. The van der Waals surface area contributed by atoms with Gasteiger partial charge >= 0.3 is 0 Å². The molecule has 1 rings (SSSR count). The monoisotopic (exact) mass is 392 g/mol. The Morgan fingerprint density at radius 3 is 1.86 bits per heavy atom.